The lowest BCUT2D eigenvalue weighted by Gasteiger charge is -2.13. The Morgan fingerprint density at radius 3 is 2.82 bits per heavy atom. The van der Waals surface area contributed by atoms with Gasteiger partial charge >= 0.3 is 0 Å². The van der Waals surface area contributed by atoms with Gasteiger partial charge in [0, 0.05) is 22.7 Å². The molecule has 0 amide bonds. The van der Waals surface area contributed by atoms with Crippen LogP contribution in [-0.4, -0.2) is 33.1 Å². The molecule has 1 aliphatic rings. The van der Waals surface area contributed by atoms with E-state index >= 15 is 0 Å². The molecular formula is C22H21ClN4O. The molecule has 0 saturated carbocycles. The summed E-state index contributed by atoms with van der Waals surface area (Å²) in [5, 5.41) is 11.5. The lowest BCUT2D eigenvalue weighted by atomic mass is 10.0. The fourth-order valence-electron chi connectivity index (χ4n) is 3.29. The second-order valence-electron chi connectivity index (χ2n) is 6.65. The van der Waals surface area contributed by atoms with E-state index in [1.165, 1.54) is 0 Å². The van der Waals surface area contributed by atoms with Gasteiger partial charge in [-0.25, -0.2) is 4.98 Å². The summed E-state index contributed by atoms with van der Waals surface area (Å²) < 4.78 is 1.74. The summed E-state index contributed by atoms with van der Waals surface area (Å²) >= 11 is 6.29. The van der Waals surface area contributed by atoms with E-state index in [1.54, 1.807) is 10.8 Å². The Hall–Kier alpha value is -2.92. The van der Waals surface area contributed by atoms with Crippen LogP contribution in [0, 0.1) is 0 Å². The van der Waals surface area contributed by atoms with Crippen molar-refractivity contribution in [1.82, 2.24) is 9.55 Å². The van der Waals surface area contributed by atoms with Crippen molar-refractivity contribution in [2.75, 3.05) is 6.54 Å². The minimum absolute atomic E-state index is 0.0725. The number of aliphatic imine (C=N–C) groups is 2. The highest BCUT2D eigenvalue weighted by Gasteiger charge is 2.24. The lowest BCUT2D eigenvalue weighted by molar-refractivity contribution is 0.439. The van der Waals surface area contributed by atoms with Gasteiger partial charge in [0.1, 0.15) is 11.5 Å². The van der Waals surface area contributed by atoms with E-state index in [0.717, 1.165) is 41.9 Å². The van der Waals surface area contributed by atoms with Crippen molar-refractivity contribution in [2.24, 2.45) is 9.98 Å². The highest BCUT2D eigenvalue weighted by molar-refractivity contribution is 6.31. The molecule has 0 atom stereocenters. The number of hydrogen-bond donors (Lipinski definition) is 1. The molecule has 28 heavy (non-hydrogen) atoms. The Kier molecular flexibility index (Phi) is 5.26. The summed E-state index contributed by atoms with van der Waals surface area (Å²) in [6.45, 7) is 3.20. The zero-order chi connectivity index (χ0) is 19.5. The number of hydrogen-bond acceptors (Lipinski definition) is 4. The Bertz CT molecular complexity index is 1050. The van der Waals surface area contributed by atoms with Crippen molar-refractivity contribution in [2.45, 2.75) is 26.3 Å². The van der Waals surface area contributed by atoms with Crippen molar-refractivity contribution in [3.63, 3.8) is 0 Å². The molecule has 2 heterocycles. The van der Waals surface area contributed by atoms with Crippen LogP contribution in [-0.2, 0) is 6.54 Å². The van der Waals surface area contributed by atoms with E-state index in [0.29, 0.717) is 23.1 Å². The molecule has 1 aliphatic heterocycles. The highest BCUT2D eigenvalue weighted by Crippen LogP contribution is 2.32. The Morgan fingerprint density at radius 1 is 1.21 bits per heavy atom. The SMILES string of the molecule is CCCCN=Cc1nc2n(c1O)-c1ccc(Cl)cc1C(c1ccccc1)=NC2. The third-order valence-electron chi connectivity index (χ3n) is 4.68. The number of unbranched alkanes of at least 4 members (excludes halogenated alkanes) is 1. The van der Waals surface area contributed by atoms with Gasteiger partial charge in [-0.05, 0) is 24.6 Å². The summed E-state index contributed by atoms with van der Waals surface area (Å²) in [6.07, 6.45) is 3.73. The summed E-state index contributed by atoms with van der Waals surface area (Å²) in [4.78, 5) is 13.8. The highest BCUT2D eigenvalue weighted by atomic mass is 35.5. The number of halogens is 1. The molecule has 5 nitrogen and oxygen atoms in total. The van der Waals surface area contributed by atoms with Crippen LogP contribution in [0.2, 0.25) is 5.02 Å². The van der Waals surface area contributed by atoms with Gasteiger partial charge in [0.05, 0.1) is 24.2 Å². The average molecular weight is 393 g/mol. The van der Waals surface area contributed by atoms with Gasteiger partial charge in [0.25, 0.3) is 0 Å². The number of rotatable bonds is 5. The summed E-state index contributed by atoms with van der Waals surface area (Å²) in [6, 6.07) is 15.6. The third-order valence-corrected chi connectivity index (χ3v) is 4.92. The number of nitrogens with zero attached hydrogens (tertiary/aromatic N) is 4. The maximum atomic E-state index is 10.9. The van der Waals surface area contributed by atoms with E-state index in [1.807, 2.05) is 48.5 Å². The van der Waals surface area contributed by atoms with Gasteiger partial charge in [0.15, 0.2) is 0 Å². The molecule has 0 radical (unpaired) electrons. The monoisotopic (exact) mass is 392 g/mol. The standard InChI is InChI=1S/C22H21ClN4O/c1-2-3-11-24-13-18-22(28)27-19-10-9-16(23)12-17(19)21(25-14-20(27)26-18)15-7-5-4-6-8-15/h4-10,12-13,28H,2-3,11,14H2,1H3. The second-order valence-corrected chi connectivity index (χ2v) is 7.09. The van der Waals surface area contributed by atoms with Crippen LogP contribution in [0.3, 0.4) is 0 Å². The smallest absolute Gasteiger partial charge is 0.225 e. The van der Waals surface area contributed by atoms with Crippen molar-refractivity contribution in [1.29, 1.82) is 0 Å². The molecule has 0 spiro atoms. The molecule has 3 aromatic rings. The van der Waals surface area contributed by atoms with Crippen molar-refractivity contribution in [3.8, 4) is 11.6 Å². The van der Waals surface area contributed by atoms with E-state index in [9.17, 15) is 5.11 Å². The van der Waals surface area contributed by atoms with Gasteiger partial charge in [-0.3, -0.25) is 14.6 Å². The summed E-state index contributed by atoms with van der Waals surface area (Å²) in [5.74, 6) is 0.743. The first-order valence-corrected chi connectivity index (χ1v) is 9.77. The zero-order valence-corrected chi connectivity index (χ0v) is 16.4. The lowest BCUT2D eigenvalue weighted by Crippen LogP contribution is -2.07. The van der Waals surface area contributed by atoms with Crippen LogP contribution in [0.4, 0.5) is 0 Å². The van der Waals surface area contributed by atoms with Crippen LogP contribution < -0.4 is 0 Å². The minimum Gasteiger partial charge on any atom is -0.493 e. The molecule has 0 unspecified atom stereocenters. The van der Waals surface area contributed by atoms with Gasteiger partial charge in [-0.2, -0.15) is 0 Å². The molecule has 0 aliphatic carbocycles. The van der Waals surface area contributed by atoms with Gasteiger partial charge < -0.3 is 5.11 Å². The zero-order valence-electron chi connectivity index (χ0n) is 15.6. The predicted molar refractivity (Wildman–Crippen MR) is 113 cm³/mol. The molecule has 1 aromatic heterocycles. The Labute approximate surface area is 169 Å². The Morgan fingerprint density at radius 2 is 2.04 bits per heavy atom. The van der Waals surface area contributed by atoms with E-state index in [4.69, 9.17) is 16.6 Å². The fourth-order valence-corrected chi connectivity index (χ4v) is 3.46. The number of aromatic hydroxyl groups is 1. The van der Waals surface area contributed by atoms with Crippen LogP contribution in [0.1, 0.15) is 42.4 Å². The number of fused-ring (bicyclic) bond motifs is 3. The predicted octanol–water partition coefficient (Wildman–Crippen LogP) is 4.80. The fraction of sp³-hybridized carbons (Fsp3) is 0.227. The molecule has 142 valence electrons. The normalized spacial score (nSPS) is 13.1. The third kappa shape index (κ3) is 3.45. The minimum atomic E-state index is 0.0725. The summed E-state index contributed by atoms with van der Waals surface area (Å²) in [7, 11) is 0. The first-order chi connectivity index (χ1) is 13.7. The van der Waals surface area contributed by atoms with Crippen LogP contribution in [0.5, 0.6) is 5.88 Å². The first kappa shape index (κ1) is 18.4. The molecule has 0 bridgehead atoms. The molecule has 2 aromatic carbocycles. The molecule has 0 saturated heterocycles. The molecule has 6 heteroatoms. The van der Waals surface area contributed by atoms with Gasteiger partial charge in [0.2, 0.25) is 5.88 Å². The summed E-state index contributed by atoms with van der Waals surface area (Å²) in [5.41, 5.74) is 3.96. The van der Waals surface area contributed by atoms with Gasteiger partial charge in [-0.1, -0.05) is 55.3 Å². The van der Waals surface area contributed by atoms with E-state index < -0.39 is 0 Å². The van der Waals surface area contributed by atoms with Gasteiger partial charge in [-0.15, -0.1) is 0 Å². The molecular weight excluding hydrogens is 372 g/mol. The molecule has 1 N–H and O–H groups in total. The van der Waals surface area contributed by atoms with Crippen LogP contribution in [0.15, 0.2) is 58.5 Å². The van der Waals surface area contributed by atoms with Crippen LogP contribution >= 0.6 is 11.6 Å². The maximum absolute atomic E-state index is 10.9. The Balaban J connectivity index is 1.83. The van der Waals surface area contributed by atoms with Crippen molar-refractivity contribution < 1.29 is 5.11 Å². The second kappa shape index (κ2) is 7.98. The van der Waals surface area contributed by atoms with Crippen molar-refractivity contribution >= 4 is 23.5 Å². The molecule has 4 rings (SSSR count). The van der Waals surface area contributed by atoms with Crippen LogP contribution in [0.25, 0.3) is 5.69 Å². The maximum Gasteiger partial charge on any atom is 0.225 e. The number of imidazole rings is 1. The van der Waals surface area contributed by atoms with E-state index in [-0.39, 0.29) is 5.88 Å². The first-order valence-electron chi connectivity index (χ1n) is 9.39. The number of benzene rings is 2. The van der Waals surface area contributed by atoms with E-state index in [2.05, 4.69) is 16.9 Å². The quantitative estimate of drug-likeness (QED) is 0.500. The van der Waals surface area contributed by atoms with Crippen molar-refractivity contribution in [3.05, 3.63) is 76.2 Å². The topological polar surface area (TPSA) is 62.8 Å². The average Bonchev–Trinajstić information content (AvgIpc) is 2.92. The number of aromatic nitrogens is 2. The molecule has 0 fully saturated rings. The largest absolute Gasteiger partial charge is 0.493 e.